The van der Waals surface area contributed by atoms with Crippen molar-refractivity contribution in [3.63, 3.8) is 0 Å². The Balaban J connectivity index is 2.58. The maximum Gasteiger partial charge on any atom is 0.321 e. The highest BCUT2D eigenvalue weighted by Gasteiger charge is 2.16. The molecule has 0 aliphatic heterocycles. The van der Waals surface area contributed by atoms with Crippen molar-refractivity contribution in [3.8, 4) is 0 Å². The highest BCUT2D eigenvalue weighted by atomic mass is 16.4. The van der Waals surface area contributed by atoms with Gasteiger partial charge in [-0.15, -0.1) is 0 Å². The highest BCUT2D eigenvalue weighted by molar-refractivity contribution is 5.93. The van der Waals surface area contributed by atoms with Gasteiger partial charge in [-0.2, -0.15) is 0 Å². The first kappa shape index (κ1) is 15.2. The Morgan fingerprint density at radius 1 is 1.32 bits per heavy atom. The fourth-order valence-electron chi connectivity index (χ4n) is 1.63. The largest absolute Gasteiger partial charge is 0.480 e. The van der Waals surface area contributed by atoms with Crippen LogP contribution in [-0.4, -0.2) is 23.0 Å². The molecule has 0 saturated heterocycles. The van der Waals surface area contributed by atoms with Crippen LogP contribution in [0.15, 0.2) is 24.3 Å². The molecule has 2 unspecified atom stereocenters. The van der Waals surface area contributed by atoms with Crippen LogP contribution in [0, 0.1) is 0 Å². The van der Waals surface area contributed by atoms with Crippen LogP contribution >= 0.6 is 0 Å². The fourth-order valence-corrected chi connectivity index (χ4v) is 1.63. The number of nitrogens with one attached hydrogen (secondary N) is 1. The van der Waals surface area contributed by atoms with Crippen molar-refractivity contribution in [1.82, 2.24) is 0 Å². The van der Waals surface area contributed by atoms with E-state index >= 15 is 0 Å². The molecule has 0 heterocycles. The molecule has 5 heteroatoms. The topological polar surface area (TPSA) is 92.4 Å². The molecule has 1 aromatic carbocycles. The van der Waals surface area contributed by atoms with E-state index in [9.17, 15) is 9.59 Å². The average Bonchev–Trinajstić information content (AvgIpc) is 2.38. The van der Waals surface area contributed by atoms with Gasteiger partial charge in [0, 0.05) is 5.69 Å². The lowest BCUT2D eigenvalue weighted by Crippen LogP contribution is -2.34. The highest BCUT2D eigenvalue weighted by Crippen LogP contribution is 2.20. The van der Waals surface area contributed by atoms with Crippen LogP contribution in [-0.2, 0) is 9.59 Å². The molecule has 0 spiro atoms. The number of carbonyl (C=O) groups excluding carboxylic acids is 1. The van der Waals surface area contributed by atoms with Crippen LogP contribution in [0.1, 0.15) is 38.2 Å². The van der Waals surface area contributed by atoms with E-state index < -0.39 is 17.9 Å². The lowest BCUT2D eigenvalue weighted by Gasteiger charge is -2.11. The third-order valence-corrected chi connectivity index (χ3v) is 3.10. The van der Waals surface area contributed by atoms with E-state index in [0.29, 0.717) is 11.6 Å². The van der Waals surface area contributed by atoms with Crippen molar-refractivity contribution < 1.29 is 14.7 Å². The van der Waals surface area contributed by atoms with Crippen molar-refractivity contribution >= 4 is 17.6 Å². The number of anilines is 1. The minimum atomic E-state index is -1.18. The summed E-state index contributed by atoms with van der Waals surface area (Å²) in [6.45, 7) is 4.26. The number of carboxylic acids is 1. The van der Waals surface area contributed by atoms with Gasteiger partial charge in [-0.25, -0.2) is 0 Å². The summed E-state index contributed by atoms with van der Waals surface area (Å²) in [7, 11) is 0. The van der Waals surface area contributed by atoms with Gasteiger partial charge in [-0.05, 0) is 30.0 Å². The zero-order valence-corrected chi connectivity index (χ0v) is 11.2. The third kappa shape index (κ3) is 4.71. The summed E-state index contributed by atoms with van der Waals surface area (Å²) in [4.78, 5) is 22.1. The number of benzene rings is 1. The standard InChI is InChI=1S/C14H20N2O3/c1-3-9(2)10-4-6-11(7-5-10)16-13(17)8-12(15)14(18)19/h4-7,9,12H,3,8,15H2,1-2H3,(H,16,17)(H,18,19). The van der Waals surface area contributed by atoms with Crippen molar-refractivity contribution in [2.24, 2.45) is 5.73 Å². The fraction of sp³-hybridized carbons (Fsp3) is 0.429. The van der Waals surface area contributed by atoms with Gasteiger partial charge in [0.2, 0.25) is 5.91 Å². The smallest absolute Gasteiger partial charge is 0.321 e. The average molecular weight is 264 g/mol. The molecule has 1 rings (SSSR count). The molecule has 0 aromatic heterocycles. The van der Waals surface area contributed by atoms with E-state index in [0.717, 1.165) is 6.42 Å². The molecule has 4 N–H and O–H groups in total. The maximum atomic E-state index is 11.5. The molecule has 19 heavy (non-hydrogen) atoms. The van der Waals surface area contributed by atoms with Crippen LogP contribution in [0.2, 0.25) is 0 Å². The lowest BCUT2D eigenvalue weighted by atomic mass is 9.98. The van der Waals surface area contributed by atoms with E-state index in [-0.39, 0.29) is 6.42 Å². The van der Waals surface area contributed by atoms with Crippen LogP contribution in [0.25, 0.3) is 0 Å². The Morgan fingerprint density at radius 2 is 1.89 bits per heavy atom. The minimum absolute atomic E-state index is 0.234. The van der Waals surface area contributed by atoms with Gasteiger partial charge in [-0.3, -0.25) is 9.59 Å². The molecule has 0 aliphatic rings. The summed E-state index contributed by atoms with van der Waals surface area (Å²) < 4.78 is 0. The summed E-state index contributed by atoms with van der Waals surface area (Å²) in [6.07, 6.45) is 0.821. The van der Waals surface area contributed by atoms with Crippen LogP contribution < -0.4 is 11.1 Å². The predicted octanol–water partition coefficient (Wildman–Crippen LogP) is 1.94. The molecule has 1 amide bonds. The van der Waals surface area contributed by atoms with Crippen LogP contribution in [0.5, 0.6) is 0 Å². The molecule has 0 bridgehead atoms. The van der Waals surface area contributed by atoms with Gasteiger partial charge in [0.1, 0.15) is 6.04 Å². The van der Waals surface area contributed by atoms with E-state index in [1.54, 1.807) is 0 Å². The number of hydrogen-bond acceptors (Lipinski definition) is 3. The number of nitrogens with two attached hydrogens (primary N) is 1. The first-order valence-corrected chi connectivity index (χ1v) is 6.32. The van der Waals surface area contributed by atoms with Gasteiger partial charge in [0.25, 0.3) is 0 Å². The van der Waals surface area contributed by atoms with E-state index in [1.807, 2.05) is 24.3 Å². The molecule has 1 aromatic rings. The Morgan fingerprint density at radius 3 is 2.37 bits per heavy atom. The molecular formula is C14H20N2O3. The number of carboxylic acid groups (broad SMARTS) is 1. The molecule has 104 valence electrons. The summed E-state index contributed by atoms with van der Waals surface area (Å²) in [5.41, 5.74) is 7.15. The summed E-state index contributed by atoms with van der Waals surface area (Å²) in [6, 6.07) is 6.37. The number of rotatable bonds is 6. The number of hydrogen-bond donors (Lipinski definition) is 3. The van der Waals surface area contributed by atoms with Gasteiger partial charge in [0.05, 0.1) is 6.42 Å². The first-order valence-electron chi connectivity index (χ1n) is 6.32. The van der Waals surface area contributed by atoms with Crippen molar-refractivity contribution in [2.75, 3.05) is 5.32 Å². The quantitative estimate of drug-likeness (QED) is 0.732. The molecule has 0 saturated carbocycles. The summed E-state index contributed by atoms with van der Waals surface area (Å²) >= 11 is 0. The monoisotopic (exact) mass is 264 g/mol. The lowest BCUT2D eigenvalue weighted by molar-refractivity contribution is -0.140. The SMILES string of the molecule is CCC(C)c1ccc(NC(=O)CC(N)C(=O)O)cc1. The number of amides is 1. The summed E-state index contributed by atoms with van der Waals surface area (Å²) in [5.74, 6) is -1.10. The number of carbonyl (C=O) groups is 2. The van der Waals surface area contributed by atoms with Crippen LogP contribution in [0.4, 0.5) is 5.69 Å². The molecule has 2 atom stereocenters. The zero-order chi connectivity index (χ0) is 14.4. The van der Waals surface area contributed by atoms with E-state index in [4.69, 9.17) is 10.8 Å². The minimum Gasteiger partial charge on any atom is -0.480 e. The Labute approximate surface area is 112 Å². The second kappa shape index (κ2) is 6.89. The second-order valence-corrected chi connectivity index (χ2v) is 4.63. The van der Waals surface area contributed by atoms with Crippen molar-refractivity contribution in [2.45, 2.75) is 38.6 Å². The normalized spacial score (nSPS) is 13.6. The Kier molecular flexibility index (Phi) is 5.51. The second-order valence-electron chi connectivity index (χ2n) is 4.63. The number of aliphatic carboxylic acids is 1. The maximum absolute atomic E-state index is 11.5. The molecule has 0 aliphatic carbocycles. The molecular weight excluding hydrogens is 244 g/mol. The van der Waals surface area contributed by atoms with Gasteiger partial charge in [-0.1, -0.05) is 26.0 Å². The third-order valence-electron chi connectivity index (χ3n) is 3.10. The zero-order valence-electron chi connectivity index (χ0n) is 11.2. The van der Waals surface area contributed by atoms with Gasteiger partial charge in [0.15, 0.2) is 0 Å². The Bertz CT molecular complexity index is 443. The molecule has 0 radical (unpaired) electrons. The predicted molar refractivity (Wildman–Crippen MR) is 74.0 cm³/mol. The summed E-state index contributed by atoms with van der Waals surface area (Å²) in [5, 5.41) is 11.2. The Hall–Kier alpha value is -1.88. The molecule has 0 fully saturated rings. The van der Waals surface area contributed by atoms with Gasteiger partial charge >= 0.3 is 5.97 Å². The van der Waals surface area contributed by atoms with E-state index in [2.05, 4.69) is 19.2 Å². The van der Waals surface area contributed by atoms with Gasteiger partial charge < -0.3 is 16.2 Å². The van der Waals surface area contributed by atoms with Crippen molar-refractivity contribution in [1.29, 1.82) is 0 Å². The van der Waals surface area contributed by atoms with Crippen molar-refractivity contribution in [3.05, 3.63) is 29.8 Å². The van der Waals surface area contributed by atoms with E-state index in [1.165, 1.54) is 5.56 Å². The molecule has 5 nitrogen and oxygen atoms in total. The first-order chi connectivity index (χ1) is 8.93. The van der Waals surface area contributed by atoms with Crippen LogP contribution in [0.3, 0.4) is 0 Å².